The monoisotopic (exact) mass is 297 g/mol. The number of carbonyl (C=O) groups is 1. The summed E-state index contributed by atoms with van der Waals surface area (Å²) in [7, 11) is 0. The highest BCUT2D eigenvalue weighted by molar-refractivity contribution is 6.32. The molecule has 0 aliphatic carbocycles. The number of likely N-dealkylation sites (tertiary alicyclic amines) is 1. The molecule has 1 saturated heterocycles. The molecule has 1 aromatic rings. The Kier molecular flexibility index (Phi) is 4.23. The second-order valence-electron chi connectivity index (χ2n) is 4.99. The number of hydrogen-bond donors (Lipinski definition) is 0. The van der Waals surface area contributed by atoms with Gasteiger partial charge < -0.3 is 4.90 Å². The van der Waals surface area contributed by atoms with E-state index >= 15 is 0 Å². The molecule has 2 heterocycles. The first-order valence-electron chi connectivity index (χ1n) is 6.58. The molecule has 2 atom stereocenters. The Labute approximate surface area is 121 Å². The summed E-state index contributed by atoms with van der Waals surface area (Å²) < 4.78 is 0. The van der Waals surface area contributed by atoms with Crippen molar-refractivity contribution in [2.75, 3.05) is 0 Å². The molecule has 7 heteroatoms. The molecule has 0 N–H and O–H groups in total. The van der Waals surface area contributed by atoms with E-state index in [0.29, 0.717) is 0 Å². The lowest BCUT2D eigenvalue weighted by atomic mass is 10.1. The first-order chi connectivity index (χ1) is 9.45. The molecule has 1 aliphatic heterocycles. The smallest absolute Gasteiger partial charge is 0.288 e. The molecule has 108 valence electrons. The molecule has 2 rings (SSSR count). The van der Waals surface area contributed by atoms with Crippen molar-refractivity contribution < 1.29 is 9.72 Å². The molecule has 0 bridgehead atoms. The van der Waals surface area contributed by atoms with Crippen molar-refractivity contribution in [3.63, 3.8) is 0 Å². The Hall–Kier alpha value is -1.69. The van der Waals surface area contributed by atoms with Crippen molar-refractivity contribution in [1.82, 2.24) is 9.88 Å². The molecule has 0 radical (unpaired) electrons. The largest absolute Gasteiger partial charge is 0.333 e. The van der Waals surface area contributed by atoms with Crippen molar-refractivity contribution in [2.24, 2.45) is 0 Å². The van der Waals surface area contributed by atoms with Crippen LogP contribution in [0.5, 0.6) is 0 Å². The lowest BCUT2D eigenvalue weighted by Gasteiger charge is -2.28. The van der Waals surface area contributed by atoms with Gasteiger partial charge in [-0.2, -0.15) is 0 Å². The average Bonchev–Trinajstić information content (AvgIpc) is 2.79. The number of carbonyl (C=O) groups excluding carboxylic acids is 1. The van der Waals surface area contributed by atoms with Gasteiger partial charge in [0, 0.05) is 18.2 Å². The zero-order valence-corrected chi connectivity index (χ0v) is 12.1. The molecule has 0 saturated carbocycles. The third-order valence-corrected chi connectivity index (χ3v) is 4.06. The molecule has 2 unspecified atom stereocenters. The van der Waals surface area contributed by atoms with Gasteiger partial charge in [-0.25, -0.2) is 4.98 Å². The number of hydrogen-bond acceptors (Lipinski definition) is 4. The number of nitrogens with zero attached hydrogens (tertiary/aromatic N) is 3. The Balaban J connectivity index is 2.37. The predicted octanol–water partition coefficient (Wildman–Crippen LogP) is 3.05. The molecule has 1 fully saturated rings. The van der Waals surface area contributed by atoms with Gasteiger partial charge in [-0.1, -0.05) is 18.5 Å². The Morgan fingerprint density at radius 3 is 2.90 bits per heavy atom. The molecule has 6 nitrogen and oxygen atoms in total. The fraction of sp³-hybridized carbons (Fsp3) is 0.538. The van der Waals surface area contributed by atoms with Crippen molar-refractivity contribution in [2.45, 2.75) is 45.2 Å². The minimum atomic E-state index is -0.579. The molecule has 20 heavy (non-hydrogen) atoms. The van der Waals surface area contributed by atoms with E-state index in [1.807, 2.05) is 13.8 Å². The SMILES string of the molecule is CCC1CCC(C)N1C(=O)c1cc([N+](=O)[O-])cnc1Cl. The van der Waals surface area contributed by atoms with Gasteiger partial charge >= 0.3 is 0 Å². The highest BCUT2D eigenvalue weighted by atomic mass is 35.5. The van der Waals surface area contributed by atoms with E-state index in [4.69, 9.17) is 11.6 Å². The van der Waals surface area contributed by atoms with E-state index in [-0.39, 0.29) is 34.4 Å². The molecular formula is C13H16ClN3O3. The van der Waals surface area contributed by atoms with Crippen LogP contribution in [0.1, 0.15) is 43.5 Å². The van der Waals surface area contributed by atoms with Gasteiger partial charge in [0.25, 0.3) is 11.6 Å². The van der Waals surface area contributed by atoms with Gasteiger partial charge in [-0.15, -0.1) is 0 Å². The number of rotatable bonds is 3. The van der Waals surface area contributed by atoms with Crippen LogP contribution >= 0.6 is 11.6 Å². The average molecular weight is 298 g/mol. The third-order valence-electron chi connectivity index (χ3n) is 3.76. The van der Waals surface area contributed by atoms with Crippen molar-refractivity contribution in [1.29, 1.82) is 0 Å². The predicted molar refractivity (Wildman–Crippen MR) is 74.8 cm³/mol. The van der Waals surface area contributed by atoms with Crippen LogP contribution in [0, 0.1) is 10.1 Å². The highest BCUT2D eigenvalue weighted by Gasteiger charge is 2.35. The second kappa shape index (κ2) is 5.75. The highest BCUT2D eigenvalue weighted by Crippen LogP contribution is 2.30. The zero-order chi connectivity index (χ0) is 14.9. The van der Waals surface area contributed by atoms with Crippen LogP contribution < -0.4 is 0 Å². The van der Waals surface area contributed by atoms with Gasteiger partial charge in [0.15, 0.2) is 0 Å². The van der Waals surface area contributed by atoms with E-state index in [0.717, 1.165) is 25.5 Å². The zero-order valence-electron chi connectivity index (χ0n) is 11.4. The van der Waals surface area contributed by atoms with Gasteiger partial charge in [-0.05, 0) is 26.2 Å². The summed E-state index contributed by atoms with van der Waals surface area (Å²) in [5.74, 6) is -0.275. The molecule has 1 aliphatic rings. The Bertz CT molecular complexity index is 550. The fourth-order valence-corrected chi connectivity index (χ4v) is 2.85. The Morgan fingerprint density at radius 2 is 2.30 bits per heavy atom. The number of halogens is 1. The summed E-state index contributed by atoms with van der Waals surface area (Å²) in [6, 6.07) is 1.48. The van der Waals surface area contributed by atoms with Crippen molar-refractivity contribution >= 4 is 23.2 Å². The number of aromatic nitrogens is 1. The van der Waals surface area contributed by atoms with Gasteiger partial charge in [0.2, 0.25) is 0 Å². The van der Waals surface area contributed by atoms with Crippen LogP contribution in [-0.4, -0.2) is 32.8 Å². The summed E-state index contributed by atoms with van der Waals surface area (Å²) in [5.41, 5.74) is -0.120. The van der Waals surface area contributed by atoms with Crippen LogP contribution in [0.3, 0.4) is 0 Å². The van der Waals surface area contributed by atoms with Gasteiger partial charge in [0.05, 0.1) is 10.5 Å². The van der Waals surface area contributed by atoms with Gasteiger partial charge in [0.1, 0.15) is 11.3 Å². The van der Waals surface area contributed by atoms with E-state index in [1.54, 1.807) is 4.90 Å². The molecule has 0 spiro atoms. The summed E-state index contributed by atoms with van der Waals surface area (Å²) >= 11 is 5.93. The molecular weight excluding hydrogens is 282 g/mol. The Morgan fingerprint density at radius 1 is 1.60 bits per heavy atom. The van der Waals surface area contributed by atoms with Crippen LogP contribution in [0.2, 0.25) is 5.15 Å². The maximum absolute atomic E-state index is 12.6. The van der Waals surface area contributed by atoms with E-state index in [2.05, 4.69) is 4.98 Å². The van der Waals surface area contributed by atoms with E-state index in [9.17, 15) is 14.9 Å². The quantitative estimate of drug-likeness (QED) is 0.488. The van der Waals surface area contributed by atoms with Crippen LogP contribution in [0.25, 0.3) is 0 Å². The summed E-state index contributed by atoms with van der Waals surface area (Å²) in [4.78, 5) is 28.3. The summed E-state index contributed by atoms with van der Waals surface area (Å²) in [6.07, 6.45) is 3.80. The van der Waals surface area contributed by atoms with Crippen LogP contribution in [0.15, 0.2) is 12.3 Å². The first-order valence-corrected chi connectivity index (χ1v) is 6.96. The number of pyridine rings is 1. The second-order valence-corrected chi connectivity index (χ2v) is 5.35. The lowest BCUT2D eigenvalue weighted by molar-refractivity contribution is -0.385. The number of nitro groups is 1. The third kappa shape index (κ3) is 2.60. The minimum absolute atomic E-state index is 0.00885. The number of amides is 1. The van der Waals surface area contributed by atoms with Gasteiger partial charge in [-0.3, -0.25) is 14.9 Å². The summed E-state index contributed by atoms with van der Waals surface area (Å²) in [6.45, 7) is 4.00. The maximum Gasteiger partial charge on any atom is 0.288 e. The minimum Gasteiger partial charge on any atom is -0.333 e. The van der Waals surface area contributed by atoms with Crippen LogP contribution in [-0.2, 0) is 0 Å². The molecule has 1 amide bonds. The first kappa shape index (κ1) is 14.7. The normalized spacial score (nSPS) is 22.1. The topological polar surface area (TPSA) is 76.3 Å². The summed E-state index contributed by atoms with van der Waals surface area (Å²) in [5, 5.41) is 10.8. The lowest BCUT2D eigenvalue weighted by Crippen LogP contribution is -2.39. The van der Waals surface area contributed by atoms with Crippen molar-refractivity contribution in [3.8, 4) is 0 Å². The van der Waals surface area contributed by atoms with E-state index < -0.39 is 4.92 Å². The molecule has 0 aromatic carbocycles. The fourth-order valence-electron chi connectivity index (χ4n) is 2.66. The van der Waals surface area contributed by atoms with Crippen molar-refractivity contribution in [3.05, 3.63) is 33.1 Å². The maximum atomic E-state index is 12.6. The van der Waals surface area contributed by atoms with E-state index in [1.165, 1.54) is 6.07 Å². The van der Waals surface area contributed by atoms with Crippen LogP contribution in [0.4, 0.5) is 5.69 Å². The molecule has 1 aromatic heterocycles. The standard InChI is InChI=1S/C13H16ClN3O3/c1-3-9-5-4-8(2)16(9)13(18)11-6-10(17(19)20)7-15-12(11)14/h6-9H,3-5H2,1-2H3.